The van der Waals surface area contributed by atoms with Crippen LogP contribution in [0.3, 0.4) is 0 Å². The molecule has 0 bridgehead atoms. The monoisotopic (exact) mass is 313 g/mol. The Balaban J connectivity index is 2.67. The highest BCUT2D eigenvalue weighted by molar-refractivity contribution is 5.98. The van der Waals surface area contributed by atoms with Crippen LogP contribution in [0.1, 0.15) is 45.4 Å². The van der Waals surface area contributed by atoms with Crippen LogP contribution in [0.2, 0.25) is 0 Å². The van der Waals surface area contributed by atoms with Crippen molar-refractivity contribution in [2.24, 2.45) is 0 Å². The van der Waals surface area contributed by atoms with Crippen molar-refractivity contribution >= 4 is 11.9 Å². The Morgan fingerprint density at radius 1 is 0.955 bits per heavy atom. The highest BCUT2D eigenvalue weighted by Gasteiger charge is 2.21. The van der Waals surface area contributed by atoms with Crippen LogP contribution in [0.25, 0.3) is 0 Å². The van der Waals surface area contributed by atoms with Gasteiger partial charge in [0.1, 0.15) is 0 Å². The molecule has 0 saturated carbocycles. The lowest BCUT2D eigenvalue weighted by molar-refractivity contribution is -0.136. The fraction of sp³-hybridized carbons (Fsp3) is 0.750. The third-order valence-electron chi connectivity index (χ3n) is 3.94. The van der Waals surface area contributed by atoms with E-state index in [1.165, 1.54) is 0 Å². The van der Waals surface area contributed by atoms with Gasteiger partial charge in [-0.1, -0.05) is 26.2 Å². The van der Waals surface area contributed by atoms with E-state index in [0.29, 0.717) is 26.2 Å². The molecule has 1 aliphatic rings. The molecule has 6 nitrogen and oxygen atoms in total. The van der Waals surface area contributed by atoms with E-state index in [1.807, 2.05) is 0 Å². The molecule has 0 aromatic carbocycles. The van der Waals surface area contributed by atoms with E-state index in [1.54, 1.807) is 0 Å². The van der Waals surface area contributed by atoms with Crippen molar-refractivity contribution in [1.82, 2.24) is 4.90 Å². The van der Waals surface area contributed by atoms with Gasteiger partial charge in [-0.05, 0) is 19.3 Å². The number of nitrogens with zero attached hydrogens (tertiary/aromatic N) is 1. The number of carboxylic acid groups (broad SMARTS) is 2. The van der Waals surface area contributed by atoms with E-state index < -0.39 is 11.9 Å². The molecule has 0 amide bonds. The van der Waals surface area contributed by atoms with E-state index in [2.05, 4.69) is 11.8 Å². The highest BCUT2D eigenvalue weighted by Crippen LogP contribution is 2.18. The molecule has 126 valence electrons. The summed E-state index contributed by atoms with van der Waals surface area (Å²) in [6.07, 6.45) is 4.37. The molecular formula is C16H27NO5. The lowest BCUT2D eigenvalue weighted by Gasteiger charge is -2.26. The molecule has 0 aromatic heterocycles. The van der Waals surface area contributed by atoms with E-state index in [4.69, 9.17) is 4.74 Å². The number of unbranched alkanes of at least 4 members (excludes halogenated alkanes) is 3. The first-order valence-electron chi connectivity index (χ1n) is 8.05. The zero-order valence-corrected chi connectivity index (χ0v) is 13.3. The van der Waals surface area contributed by atoms with Gasteiger partial charge in [0, 0.05) is 30.8 Å². The zero-order chi connectivity index (χ0) is 16.4. The Bertz CT molecular complexity index is 399. The second-order valence-electron chi connectivity index (χ2n) is 5.58. The van der Waals surface area contributed by atoms with Gasteiger partial charge in [0.05, 0.1) is 13.2 Å². The Labute approximate surface area is 131 Å². The summed E-state index contributed by atoms with van der Waals surface area (Å²) in [6.45, 7) is 5.48. The van der Waals surface area contributed by atoms with E-state index in [-0.39, 0.29) is 17.6 Å². The number of carboxylic acids is 2. The molecule has 1 rings (SSSR count). The van der Waals surface area contributed by atoms with Crippen molar-refractivity contribution in [2.45, 2.75) is 45.4 Å². The van der Waals surface area contributed by atoms with Gasteiger partial charge in [-0.25, -0.2) is 9.59 Å². The van der Waals surface area contributed by atoms with Crippen molar-refractivity contribution in [2.75, 3.05) is 32.8 Å². The lowest BCUT2D eigenvalue weighted by Crippen LogP contribution is -2.37. The van der Waals surface area contributed by atoms with Crippen LogP contribution in [-0.4, -0.2) is 59.9 Å². The molecule has 0 aromatic rings. The van der Waals surface area contributed by atoms with E-state index >= 15 is 0 Å². The molecule has 1 heterocycles. The van der Waals surface area contributed by atoms with Gasteiger partial charge in [0.15, 0.2) is 0 Å². The van der Waals surface area contributed by atoms with E-state index in [9.17, 15) is 19.8 Å². The maximum absolute atomic E-state index is 11.4. The van der Waals surface area contributed by atoms with Crippen molar-refractivity contribution in [3.05, 3.63) is 11.1 Å². The number of ether oxygens (including phenoxy) is 1. The summed E-state index contributed by atoms with van der Waals surface area (Å²) in [5.74, 6) is -2.21. The minimum absolute atomic E-state index is 0.0514. The van der Waals surface area contributed by atoms with Gasteiger partial charge in [-0.3, -0.25) is 4.90 Å². The number of morpholine rings is 1. The number of hydrogen-bond donors (Lipinski definition) is 2. The average Bonchev–Trinajstić information content (AvgIpc) is 2.50. The summed E-state index contributed by atoms with van der Waals surface area (Å²) in [6, 6.07) is 0. The normalized spacial score (nSPS) is 17.1. The second-order valence-corrected chi connectivity index (χ2v) is 5.58. The Kier molecular flexibility index (Phi) is 8.77. The Morgan fingerprint density at radius 2 is 1.55 bits per heavy atom. The topological polar surface area (TPSA) is 87.1 Å². The predicted octanol–water partition coefficient (Wildman–Crippen LogP) is 2.14. The van der Waals surface area contributed by atoms with Crippen LogP contribution < -0.4 is 0 Å². The van der Waals surface area contributed by atoms with Crippen LogP contribution >= 0.6 is 0 Å². The van der Waals surface area contributed by atoms with Gasteiger partial charge < -0.3 is 14.9 Å². The largest absolute Gasteiger partial charge is 0.478 e. The second kappa shape index (κ2) is 10.3. The Morgan fingerprint density at radius 3 is 2.09 bits per heavy atom. The minimum Gasteiger partial charge on any atom is -0.478 e. The fourth-order valence-corrected chi connectivity index (χ4v) is 2.60. The SMILES string of the molecule is CCCCCC/C(C(=O)O)=C(/CCN1CCOCC1)C(=O)O. The van der Waals surface area contributed by atoms with E-state index in [0.717, 1.165) is 38.8 Å². The van der Waals surface area contributed by atoms with Crippen LogP contribution in [0.5, 0.6) is 0 Å². The van der Waals surface area contributed by atoms with Gasteiger partial charge in [0.2, 0.25) is 0 Å². The molecule has 2 N–H and O–H groups in total. The quantitative estimate of drug-likeness (QED) is 0.475. The molecule has 0 spiro atoms. The fourth-order valence-electron chi connectivity index (χ4n) is 2.60. The van der Waals surface area contributed by atoms with Gasteiger partial charge in [-0.2, -0.15) is 0 Å². The molecule has 1 fully saturated rings. The summed E-state index contributed by atoms with van der Waals surface area (Å²) in [4.78, 5) is 25.0. The molecule has 6 heteroatoms. The lowest BCUT2D eigenvalue weighted by atomic mass is 9.98. The molecule has 1 aliphatic heterocycles. The molecule has 0 aliphatic carbocycles. The third kappa shape index (κ3) is 6.58. The van der Waals surface area contributed by atoms with Crippen molar-refractivity contribution < 1.29 is 24.5 Å². The van der Waals surface area contributed by atoms with Crippen molar-refractivity contribution in [3.63, 3.8) is 0 Å². The average molecular weight is 313 g/mol. The van der Waals surface area contributed by atoms with Crippen LogP contribution in [0, 0.1) is 0 Å². The van der Waals surface area contributed by atoms with Gasteiger partial charge >= 0.3 is 11.9 Å². The predicted molar refractivity (Wildman–Crippen MR) is 82.9 cm³/mol. The van der Waals surface area contributed by atoms with Crippen molar-refractivity contribution in [1.29, 1.82) is 0 Å². The molecule has 1 saturated heterocycles. The van der Waals surface area contributed by atoms with Gasteiger partial charge in [0.25, 0.3) is 0 Å². The summed E-state index contributed by atoms with van der Waals surface area (Å²) < 4.78 is 5.25. The first kappa shape index (κ1) is 18.6. The summed E-state index contributed by atoms with van der Waals surface area (Å²) in [5, 5.41) is 18.7. The summed E-state index contributed by atoms with van der Waals surface area (Å²) in [7, 11) is 0. The van der Waals surface area contributed by atoms with Gasteiger partial charge in [-0.15, -0.1) is 0 Å². The maximum atomic E-state index is 11.4. The summed E-state index contributed by atoms with van der Waals surface area (Å²) in [5.41, 5.74) is 0.118. The van der Waals surface area contributed by atoms with Crippen molar-refractivity contribution in [3.8, 4) is 0 Å². The first-order valence-corrected chi connectivity index (χ1v) is 8.05. The maximum Gasteiger partial charge on any atom is 0.332 e. The smallest absolute Gasteiger partial charge is 0.332 e. The molecule has 0 unspecified atom stereocenters. The standard InChI is InChI=1S/C16H27NO5/c1-2-3-4-5-6-13(15(18)19)14(16(20)21)7-8-17-9-11-22-12-10-17/h2-12H2,1H3,(H,18,19)(H,20,21)/b14-13+. The molecule has 22 heavy (non-hydrogen) atoms. The minimum atomic E-state index is -1.11. The Hall–Kier alpha value is -1.40. The van der Waals surface area contributed by atoms with Crippen LogP contribution in [0.15, 0.2) is 11.1 Å². The number of hydrogen-bond acceptors (Lipinski definition) is 4. The van der Waals surface area contributed by atoms with Crippen LogP contribution in [0.4, 0.5) is 0 Å². The van der Waals surface area contributed by atoms with Crippen LogP contribution in [-0.2, 0) is 14.3 Å². The number of rotatable bonds is 10. The molecular weight excluding hydrogens is 286 g/mol. The number of aliphatic carboxylic acids is 2. The number of carbonyl (C=O) groups is 2. The molecule has 0 atom stereocenters. The summed E-state index contributed by atoms with van der Waals surface area (Å²) >= 11 is 0. The molecule has 0 radical (unpaired) electrons. The first-order chi connectivity index (χ1) is 10.6. The zero-order valence-electron chi connectivity index (χ0n) is 13.3. The highest BCUT2D eigenvalue weighted by atomic mass is 16.5. The third-order valence-corrected chi connectivity index (χ3v) is 3.94.